The molecule has 2 unspecified atom stereocenters. The lowest BCUT2D eigenvalue weighted by atomic mass is 10.2. The van der Waals surface area contributed by atoms with Crippen LogP contribution in [0.2, 0.25) is 0 Å². The molecular weight excluding hydrogens is 200 g/mol. The Labute approximate surface area is 98.4 Å². The van der Waals surface area contributed by atoms with Crippen molar-refractivity contribution in [3.63, 3.8) is 0 Å². The first kappa shape index (κ1) is 13.0. The van der Waals surface area contributed by atoms with Crippen LogP contribution in [-0.4, -0.2) is 30.3 Å². The maximum atomic E-state index is 5.68. The molecule has 0 spiro atoms. The van der Waals surface area contributed by atoms with Crippen LogP contribution in [0.3, 0.4) is 0 Å². The Morgan fingerprint density at radius 3 is 2.38 bits per heavy atom. The van der Waals surface area contributed by atoms with Crippen molar-refractivity contribution in [2.24, 2.45) is 0 Å². The summed E-state index contributed by atoms with van der Waals surface area (Å²) >= 11 is 0. The van der Waals surface area contributed by atoms with Crippen LogP contribution in [-0.2, 0) is 4.74 Å². The molecule has 0 bridgehead atoms. The van der Waals surface area contributed by atoms with E-state index in [-0.39, 0.29) is 0 Å². The number of ether oxygens (including phenoxy) is 1. The molecule has 1 aliphatic rings. The Kier molecular flexibility index (Phi) is 5.26. The van der Waals surface area contributed by atoms with Crippen molar-refractivity contribution in [1.29, 1.82) is 0 Å². The van der Waals surface area contributed by atoms with Gasteiger partial charge in [-0.15, -0.1) is 0 Å². The molecule has 1 aromatic heterocycles. The zero-order valence-corrected chi connectivity index (χ0v) is 10.7. The summed E-state index contributed by atoms with van der Waals surface area (Å²) in [6.07, 6.45) is 4.32. The van der Waals surface area contributed by atoms with E-state index in [9.17, 15) is 0 Å². The highest BCUT2D eigenvalue weighted by atomic mass is 16.5. The van der Waals surface area contributed by atoms with Crippen LogP contribution in [0.25, 0.3) is 0 Å². The van der Waals surface area contributed by atoms with E-state index >= 15 is 0 Å². The second kappa shape index (κ2) is 6.48. The molecule has 0 radical (unpaired) electrons. The van der Waals surface area contributed by atoms with Gasteiger partial charge in [0.1, 0.15) is 0 Å². The molecule has 3 nitrogen and oxygen atoms in total. The zero-order chi connectivity index (χ0) is 12.0. The predicted octanol–water partition coefficient (Wildman–Crippen LogP) is 2.72. The van der Waals surface area contributed by atoms with E-state index in [1.807, 2.05) is 26.1 Å². The fourth-order valence-electron chi connectivity index (χ4n) is 1.93. The van der Waals surface area contributed by atoms with Crippen LogP contribution in [0.4, 0.5) is 5.69 Å². The molecule has 1 aromatic rings. The second-order valence-electron chi connectivity index (χ2n) is 3.87. The first-order valence-corrected chi connectivity index (χ1v) is 6.06. The van der Waals surface area contributed by atoms with Gasteiger partial charge in [-0.2, -0.15) is 0 Å². The number of rotatable bonds is 1. The Balaban J connectivity index is 0.000000606. The first-order chi connectivity index (χ1) is 7.75. The van der Waals surface area contributed by atoms with Crippen LogP contribution in [0, 0.1) is 0 Å². The van der Waals surface area contributed by atoms with Gasteiger partial charge < -0.3 is 9.64 Å². The van der Waals surface area contributed by atoms with Crippen LogP contribution < -0.4 is 4.90 Å². The number of nitrogens with zero attached hydrogens (tertiary/aromatic N) is 2. The van der Waals surface area contributed by atoms with E-state index in [0.29, 0.717) is 12.2 Å². The maximum absolute atomic E-state index is 5.68. The van der Waals surface area contributed by atoms with E-state index in [2.05, 4.69) is 29.8 Å². The van der Waals surface area contributed by atoms with Gasteiger partial charge in [-0.1, -0.05) is 13.8 Å². The van der Waals surface area contributed by atoms with E-state index in [4.69, 9.17) is 4.74 Å². The van der Waals surface area contributed by atoms with Crippen LogP contribution in [0.1, 0.15) is 27.7 Å². The number of hydrogen-bond donors (Lipinski definition) is 0. The minimum Gasteiger partial charge on any atom is -0.372 e. The minimum atomic E-state index is 0.305. The van der Waals surface area contributed by atoms with Crippen molar-refractivity contribution in [2.75, 3.05) is 18.0 Å². The largest absolute Gasteiger partial charge is 0.372 e. The molecular formula is C13H22N2O. The van der Waals surface area contributed by atoms with Gasteiger partial charge in [-0.25, -0.2) is 0 Å². The fourth-order valence-corrected chi connectivity index (χ4v) is 1.93. The molecule has 1 aliphatic heterocycles. The zero-order valence-electron chi connectivity index (χ0n) is 10.7. The third-order valence-corrected chi connectivity index (χ3v) is 2.43. The van der Waals surface area contributed by atoms with Gasteiger partial charge in [0.25, 0.3) is 0 Å². The van der Waals surface area contributed by atoms with Crippen molar-refractivity contribution < 1.29 is 4.74 Å². The average molecular weight is 222 g/mol. The minimum absolute atomic E-state index is 0.305. The summed E-state index contributed by atoms with van der Waals surface area (Å²) in [7, 11) is 0. The average Bonchev–Trinajstić information content (AvgIpc) is 2.32. The highest BCUT2D eigenvalue weighted by molar-refractivity contribution is 5.44. The summed E-state index contributed by atoms with van der Waals surface area (Å²) in [5, 5.41) is 0. The molecule has 90 valence electrons. The molecule has 2 heterocycles. The Morgan fingerprint density at radius 2 is 1.88 bits per heavy atom. The van der Waals surface area contributed by atoms with Gasteiger partial charge in [0.05, 0.1) is 24.1 Å². The van der Waals surface area contributed by atoms with E-state index in [1.54, 1.807) is 6.20 Å². The molecule has 0 N–H and O–H groups in total. The monoisotopic (exact) mass is 222 g/mol. The van der Waals surface area contributed by atoms with Crippen LogP contribution >= 0.6 is 0 Å². The van der Waals surface area contributed by atoms with Crippen molar-refractivity contribution in [3.05, 3.63) is 24.5 Å². The standard InChI is InChI=1S/C11H16N2O.C2H6/c1-9-7-13(8-10(2)14-9)11-4-3-5-12-6-11;1-2/h3-6,9-10H,7-8H2,1-2H3;1-2H3. The number of hydrogen-bond acceptors (Lipinski definition) is 3. The second-order valence-corrected chi connectivity index (χ2v) is 3.87. The number of morpholine rings is 1. The van der Waals surface area contributed by atoms with E-state index in [0.717, 1.165) is 13.1 Å². The third kappa shape index (κ3) is 3.49. The normalized spacial score (nSPS) is 24.6. The van der Waals surface area contributed by atoms with Gasteiger partial charge in [0.15, 0.2) is 0 Å². The molecule has 0 amide bonds. The lowest BCUT2D eigenvalue weighted by molar-refractivity contribution is -0.00523. The predicted molar refractivity (Wildman–Crippen MR) is 67.8 cm³/mol. The van der Waals surface area contributed by atoms with Crippen molar-refractivity contribution in [3.8, 4) is 0 Å². The molecule has 16 heavy (non-hydrogen) atoms. The first-order valence-electron chi connectivity index (χ1n) is 6.06. The van der Waals surface area contributed by atoms with E-state index in [1.165, 1.54) is 5.69 Å². The van der Waals surface area contributed by atoms with Gasteiger partial charge >= 0.3 is 0 Å². The molecule has 0 saturated carbocycles. The summed E-state index contributed by atoms with van der Waals surface area (Å²) in [6.45, 7) is 10.1. The van der Waals surface area contributed by atoms with E-state index < -0.39 is 0 Å². The SMILES string of the molecule is CC.CC1CN(c2cccnc2)CC(C)O1. The topological polar surface area (TPSA) is 25.4 Å². The van der Waals surface area contributed by atoms with Gasteiger partial charge in [0, 0.05) is 19.3 Å². The van der Waals surface area contributed by atoms with Crippen LogP contribution in [0.15, 0.2) is 24.5 Å². The fraction of sp³-hybridized carbons (Fsp3) is 0.615. The number of pyridine rings is 1. The summed E-state index contributed by atoms with van der Waals surface area (Å²) < 4.78 is 5.68. The van der Waals surface area contributed by atoms with Crippen molar-refractivity contribution in [1.82, 2.24) is 4.98 Å². The van der Waals surface area contributed by atoms with Gasteiger partial charge in [-0.3, -0.25) is 4.98 Å². The molecule has 0 aromatic carbocycles. The highest BCUT2D eigenvalue weighted by Gasteiger charge is 2.22. The van der Waals surface area contributed by atoms with Crippen LogP contribution in [0.5, 0.6) is 0 Å². The Morgan fingerprint density at radius 1 is 1.25 bits per heavy atom. The van der Waals surface area contributed by atoms with Crippen molar-refractivity contribution >= 4 is 5.69 Å². The molecule has 0 aliphatic carbocycles. The molecule has 1 saturated heterocycles. The Hall–Kier alpha value is -1.09. The lowest BCUT2D eigenvalue weighted by Crippen LogP contribution is -2.45. The molecule has 2 rings (SSSR count). The number of anilines is 1. The van der Waals surface area contributed by atoms with Crippen molar-refractivity contribution in [2.45, 2.75) is 39.9 Å². The lowest BCUT2D eigenvalue weighted by Gasteiger charge is -2.36. The smallest absolute Gasteiger partial charge is 0.0726 e. The third-order valence-electron chi connectivity index (χ3n) is 2.43. The highest BCUT2D eigenvalue weighted by Crippen LogP contribution is 2.18. The summed E-state index contributed by atoms with van der Waals surface area (Å²) in [4.78, 5) is 6.45. The Bertz CT molecular complexity index is 279. The summed E-state index contributed by atoms with van der Waals surface area (Å²) in [5.41, 5.74) is 1.19. The van der Waals surface area contributed by atoms with Gasteiger partial charge in [0.2, 0.25) is 0 Å². The summed E-state index contributed by atoms with van der Waals surface area (Å²) in [5.74, 6) is 0. The van der Waals surface area contributed by atoms with Gasteiger partial charge in [-0.05, 0) is 26.0 Å². The maximum Gasteiger partial charge on any atom is 0.0726 e. The molecule has 2 atom stereocenters. The quantitative estimate of drug-likeness (QED) is 0.730. The molecule has 1 fully saturated rings. The number of aromatic nitrogens is 1. The molecule has 3 heteroatoms. The summed E-state index contributed by atoms with van der Waals surface area (Å²) in [6, 6.07) is 4.07.